The molecule has 1 aromatic rings. The molecule has 1 heterocycles. The predicted molar refractivity (Wildman–Crippen MR) is 79.6 cm³/mol. The molecular formula is C15H23N3O2. The minimum Gasteiger partial charge on any atom is -0.448 e. The van der Waals surface area contributed by atoms with Gasteiger partial charge in [0.05, 0.1) is 0 Å². The van der Waals surface area contributed by atoms with Gasteiger partial charge in [0.2, 0.25) is 0 Å². The Labute approximate surface area is 120 Å². The number of nitrogens with two attached hydrogens (primary N) is 1. The van der Waals surface area contributed by atoms with E-state index in [-0.39, 0.29) is 0 Å². The molecule has 2 rings (SSSR count). The number of carbonyl (C=O) groups excluding carboxylic acids is 1. The van der Waals surface area contributed by atoms with E-state index in [4.69, 9.17) is 10.5 Å². The Bertz CT molecular complexity index is 433. The standard InChI is InChI=1S/C15H23N3O2/c1-18-9-3-2-4-14(18)11-20-15(19)17-13-7-5-12(10-16)6-8-13/h5-8,14H,2-4,9-11,16H2,1H3,(H,17,19). The lowest BCUT2D eigenvalue weighted by atomic mass is 10.0. The molecule has 1 fully saturated rings. The summed E-state index contributed by atoms with van der Waals surface area (Å²) in [5.41, 5.74) is 7.29. The molecule has 20 heavy (non-hydrogen) atoms. The molecule has 1 atom stereocenters. The van der Waals surface area contributed by atoms with Crippen molar-refractivity contribution in [3.63, 3.8) is 0 Å². The van der Waals surface area contributed by atoms with Gasteiger partial charge in [0.1, 0.15) is 6.61 Å². The topological polar surface area (TPSA) is 67.6 Å². The van der Waals surface area contributed by atoms with Crippen LogP contribution in [-0.4, -0.2) is 37.2 Å². The largest absolute Gasteiger partial charge is 0.448 e. The maximum atomic E-state index is 11.7. The van der Waals surface area contributed by atoms with Crippen molar-refractivity contribution in [3.8, 4) is 0 Å². The SMILES string of the molecule is CN1CCCCC1COC(=O)Nc1ccc(CN)cc1. The highest BCUT2D eigenvalue weighted by Gasteiger charge is 2.20. The quantitative estimate of drug-likeness (QED) is 0.885. The van der Waals surface area contributed by atoms with Crippen molar-refractivity contribution in [3.05, 3.63) is 29.8 Å². The molecule has 5 nitrogen and oxygen atoms in total. The van der Waals surface area contributed by atoms with E-state index in [9.17, 15) is 4.79 Å². The summed E-state index contributed by atoms with van der Waals surface area (Å²) in [6.45, 7) is 2.03. The first-order valence-electron chi connectivity index (χ1n) is 7.12. The number of nitrogens with one attached hydrogen (secondary N) is 1. The van der Waals surface area contributed by atoms with Gasteiger partial charge in [0.25, 0.3) is 0 Å². The van der Waals surface area contributed by atoms with Crippen LogP contribution in [0.25, 0.3) is 0 Å². The normalized spacial score (nSPS) is 19.6. The minimum atomic E-state index is -0.399. The molecule has 1 aliphatic rings. The van der Waals surface area contributed by atoms with E-state index in [1.807, 2.05) is 24.3 Å². The zero-order chi connectivity index (χ0) is 14.4. The van der Waals surface area contributed by atoms with Crippen molar-refractivity contribution in [2.24, 2.45) is 5.73 Å². The summed E-state index contributed by atoms with van der Waals surface area (Å²) >= 11 is 0. The first-order valence-corrected chi connectivity index (χ1v) is 7.12. The highest BCUT2D eigenvalue weighted by Crippen LogP contribution is 2.15. The van der Waals surface area contributed by atoms with Crippen LogP contribution in [-0.2, 0) is 11.3 Å². The van der Waals surface area contributed by atoms with Crippen LogP contribution >= 0.6 is 0 Å². The van der Waals surface area contributed by atoms with E-state index in [0.717, 1.165) is 24.2 Å². The lowest BCUT2D eigenvalue weighted by Gasteiger charge is -2.31. The number of amides is 1. The van der Waals surface area contributed by atoms with Crippen LogP contribution in [0.4, 0.5) is 10.5 Å². The molecule has 1 aliphatic heterocycles. The number of carbonyl (C=O) groups is 1. The third-order valence-corrected chi connectivity index (χ3v) is 3.76. The maximum Gasteiger partial charge on any atom is 0.411 e. The lowest BCUT2D eigenvalue weighted by molar-refractivity contribution is 0.0908. The van der Waals surface area contributed by atoms with Crippen molar-refractivity contribution >= 4 is 11.8 Å². The van der Waals surface area contributed by atoms with Gasteiger partial charge < -0.3 is 15.4 Å². The number of benzene rings is 1. The fourth-order valence-electron chi connectivity index (χ4n) is 2.40. The van der Waals surface area contributed by atoms with Gasteiger partial charge in [0, 0.05) is 18.3 Å². The third-order valence-electron chi connectivity index (χ3n) is 3.76. The number of hydrogen-bond donors (Lipinski definition) is 2. The Balaban J connectivity index is 1.76. The second kappa shape index (κ2) is 7.26. The number of piperidine rings is 1. The number of hydrogen-bond acceptors (Lipinski definition) is 4. The third kappa shape index (κ3) is 4.21. The van der Waals surface area contributed by atoms with Gasteiger partial charge in [-0.2, -0.15) is 0 Å². The molecule has 0 spiro atoms. The second-order valence-corrected chi connectivity index (χ2v) is 5.25. The maximum absolute atomic E-state index is 11.7. The number of rotatable bonds is 4. The van der Waals surface area contributed by atoms with Crippen molar-refractivity contribution in [1.82, 2.24) is 4.90 Å². The fraction of sp³-hybridized carbons (Fsp3) is 0.533. The summed E-state index contributed by atoms with van der Waals surface area (Å²) < 4.78 is 5.30. The van der Waals surface area contributed by atoms with Gasteiger partial charge in [-0.3, -0.25) is 5.32 Å². The zero-order valence-corrected chi connectivity index (χ0v) is 12.0. The monoisotopic (exact) mass is 277 g/mol. The first-order chi connectivity index (χ1) is 9.69. The molecule has 0 saturated carbocycles. The van der Waals surface area contributed by atoms with Gasteiger partial charge in [-0.15, -0.1) is 0 Å². The van der Waals surface area contributed by atoms with Crippen LogP contribution in [0.1, 0.15) is 24.8 Å². The molecule has 3 N–H and O–H groups in total. The smallest absolute Gasteiger partial charge is 0.411 e. The van der Waals surface area contributed by atoms with Crippen LogP contribution < -0.4 is 11.1 Å². The van der Waals surface area contributed by atoms with Crippen LogP contribution in [0.2, 0.25) is 0 Å². The van der Waals surface area contributed by atoms with Crippen LogP contribution in [0.15, 0.2) is 24.3 Å². The van der Waals surface area contributed by atoms with Crippen molar-refractivity contribution < 1.29 is 9.53 Å². The molecule has 1 saturated heterocycles. The van der Waals surface area contributed by atoms with E-state index in [2.05, 4.69) is 17.3 Å². The Morgan fingerprint density at radius 2 is 2.15 bits per heavy atom. The zero-order valence-electron chi connectivity index (χ0n) is 12.0. The van der Waals surface area contributed by atoms with Crippen molar-refractivity contribution in [2.45, 2.75) is 31.8 Å². The number of likely N-dealkylation sites (tertiary alicyclic amines) is 1. The lowest BCUT2D eigenvalue weighted by Crippen LogP contribution is -2.40. The van der Waals surface area contributed by atoms with Gasteiger partial charge in [-0.1, -0.05) is 18.6 Å². The van der Waals surface area contributed by atoms with Crippen LogP contribution in [0, 0.1) is 0 Å². The second-order valence-electron chi connectivity index (χ2n) is 5.25. The van der Waals surface area contributed by atoms with E-state index < -0.39 is 6.09 Å². The number of nitrogens with zero attached hydrogens (tertiary/aromatic N) is 1. The van der Waals surface area contributed by atoms with Gasteiger partial charge >= 0.3 is 6.09 Å². The first kappa shape index (κ1) is 14.8. The van der Waals surface area contributed by atoms with Crippen LogP contribution in [0.3, 0.4) is 0 Å². The Morgan fingerprint density at radius 1 is 1.40 bits per heavy atom. The summed E-state index contributed by atoms with van der Waals surface area (Å²) in [6.07, 6.45) is 3.13. The molecule has 1 amide bonds. The molecule has 0 bridgehead atoms. The molecule has 1 unspecified atom stereocenters. The Kier molecular flexibility index (Phi) is 5.38. The van der Waals surface area contributed by atoms with E-state index in [1.165, 1.54) is 12.8 Å². The molecule has 110 valence electrons. The van der Waals surface area contributed by atoms with Gasteiger partial charge in [-0.05, 0) is 44.1 Å². The Hall–Kier alpha value is -1.59. The average molecular weight is 277 g/mol. The van der Waals surface area contributed by atoms with E-state index in [1.54, 1.807) is 0 Å². The van der Waals surface area contributed by atoms with Crippen molar-refractivity contribution in [2.75, 3.05) is 25.5 Å². The molecule has 0 aromatic heterocycles. The average Bonchev–Trinajstić information content (AvgIpc) is 2.47. The molecule has 5 heteroatoms. The van der Waals surface area contributed by atoms with E-state index in [0.29, 0.717) is 19.2 Å². The van der Waals surface area contributed by atoms with E-state index >= 15 is 0 Å². The van der Waals surface area contributed by atoms with Crippen molar-refractivity contribution in [1.29, 1.82) is 0 Å². The Morgan fingerprint density at radius 3 is 2.80 bits per heavy atom. The highest BCUT2D eigenvalue weighted by atomic mass is 16.5. The number of ether oxygens (including phenoxy) is 1. The molecule has 1 aromatic carbocycles. The summed E-state index contributed by atoms with van der Waals surface area (Å²) in [5.74, 6) is 0. The number of likely N-dealkylation sites (N-methyl/N-ethyl adjacent to an activating group) is 1. The minimum absolute atomic E-state index is 0.342. The summed E-state index contributed by atoms with van der Waals surface area (Å²) in [7, 11) is 2.08. The number of anilines is 1. The predicted octanol–water partition coefficient (Wildman–Crippen LogP) is 2.18. The summed E-state index contributed by atoms with van der Waals surface area (Å²) in [6, 6.07) is 7.79. The molecule has 0 radical (unpaired) electrons. The summed E-state index contributed by atoms with van der Waals surface area (Å²) in [5, 5.41) is 2.73. The molecule has 0 aliphatic carbocycles. The molecular weight excluding hydrogens is 254 g/mol. The fourth-order valence-corrected chi connectivity index (χ4v) is 2.40. The van der Waals surface area contributed by atoms with Crippen LogP contribution in [0.5, 0.6) is 0 Å². The highest BCUT2D eigenvalue weighted by molar-refractivity contribution is 5.84. The van der Waals surface area contributed by atoms with Gasteiger partial charge in [-0.25, -0.2) is 4.79 Å². The van der Waals surface area contributed by atoms with Gasteiger partial charge in [0.15, 0.2) is 0 Å². The summed E-state index contributed by atoms with van der Waals surface area (Å²) in [4.78, 5) is 14.0.